The van der Waals surface area contributed by atoms with Crippen molar-refractivity contribution in [2.75, 3.05) is 5.32 Å². The van der Waals surface area contributed by atoms with Gasteiger partial charge in [0.2, 0.25) is 0 Å². The van der Waals surface area contributed by atoms with Crippen LogP contribution in [0.4, 0.5) is 5.69 Å². The molecule has 1 aromatic carbocycles. The van der Waals surface area contributed by atoms with Gasteiger partial charge in [-0.05, 0) is 48.5 Å². The number of carbonyl (C=O) groups is 1. The number of nitrogens with zero attached hydrogens (tertiary/aromatic N) is 5. The molecule has 0 spiro atoms. The summed E-state index contributed by atoms with van der Waals surface area (Å²) in [5.41, 5.74) is 3.38. The third-order valence-corrected chi connectivity index (χ3v) is 5.02. The monoisotopic (exact) mass is 444 g/mol. The van der Waals surface area contributed by atoms with E-state index in [1.807, 2.05) is 36.4 Å². The highest BCUT2D eigenvalue weighted by atomic mass is 35.5. The number of halogens is 1. The summed E-state index contributed by atoms with van der Waals surface area (Å²) in [5, 5.41) is 12.5. The Balaban J connectivity index is 1.52. The molecule has 0 fully saturated rings. The van der Waals surface area contributed by atoms with E-state index in [2.05, 4.69) is 20.5 Å². The molecular weight excluding hydrogens is 428 g/mol. The summed E-state index contributed by atoms with van der Waals surface area (Å²) in [6.45, 7) is 0. The maximum absolute atomic E-state index is 13.1. The lowest BCUT2D eigenvalue weighted by Crippen LogP contribution is -2.13. The quantitative estimate of drug-likeness (QED) is 0.419. The Hall–Kier alpha value is -4.17. The van der Waals surface area contributed by atoms with E-state index in [4.69, 9.17) is 16.0 Å². The van der Waals surface area contributed by atoms with E-state index in [1.165, 1.54) is 0 Å². The topological polar surface area (TPSA) is 90.8 Å². The van der Waals surface area contributed by atoms with Gasteiger partial charge < -0.3 is 9.73 Å². The van der Waals surface area contributed by atoms with Crippen LogP contribution in [0.3, 0.4) is 0 Å². The van der Waals surface area contributed by atoms with Crippen molar-refractivity contribution in [1.82, 2.24) is 24.5 Å². The number of aromatic nitrogens is 5. The van der Waals surface area contributed by atoms with E-state index < -0.39 is 0 Å². The molecule has 9 heteroatoms. The molecule has 5 aromatic rings. The molecule has 32 heavy (non-hydrogen) atoms. The van der Waals surface area contributed by atoms with Crippen LogP contribution in [-0.2, 0) is 7.05 Å². The van der Waals surface area contributed by atoms with Gasteiger partial charge in [0, 0.05) is 30.5 Å². The van der Waals surface area contributed by atoms with Crippen LogP contribution in [0.15, 0.2) is 83.7 Å². The zero-order chi connectivity index (χ0) is 22.1. The van der Waals surface area contributed by atoms with E-state index in [0.29, 0.717) is 33.6 Å². The van der Waals surface area contributed by atoms with Gasteiger partial charge in [0.05, 0.1) is 23.3 Å². The van der Waals surface area contributed by atoms with Crippen LogP contribution in [-0.4, -0.2) is 30.5 Å². The van der Waals surface area contributed by atoms with Crippen LogP contribution in [0.1, 0.15) is 10.5 Å². The van der Waals surface area contributed by atoms with Crippen LogP contribution in [0.5, 0.6) is 0 Å². The van der Waals surface area contributed by atoms with E-state index in [9.17, 15) is 4.79 Å². The number of furan rings is 1. The lowest BCUT2D eigenvalue weighted by atomic mass is 10.2. The van der Waals surface area contributed by atoms with Gasteiger partial charge in [-0.3, -0.25) is 14.5 Å². The molecule has 5 rings (SSSR count). The standard InChI is InChI=1S/C23H17ClN6O2/c1-29-14-19(22(28-29)17-5-2-3-11-25-17)26-23(31)18-13-20(21-6-4-12-32-21)30(27-18)16-9-7-15(24)8-10-16/h2-14H,1H3,(H,26,31). The zero-order valence-corrected chi connectivity index (χ0v) is 17.7. The predicted octanol–water partition coefficient (Wildman–Crippen LogP) is 4.83. The third kappa shape index (κ3) is 3.79. The van der Waals surface area contributed by atoms with Crippen LogP contribution < -0.4 is 5.32 Å². The summed E-state index contributed by atoms with van der Waals surface area (Å²) in [5.74, 6) is 0.206. The molecule has 1 amide bonds. The number of carbonyl (C=O) groups excluding carboxylic acids is 1. The molecule has 0 saturated carbocycles. The minimum atomic E-state index is -0.379. The maximum atomic E-state index is 13.1. The van der Waals surface area contributed by atoms with Crippen molar-refractivity contribution in [3.63, 3.8) is 0 Å². The Morgan fingerprint density at radius 1 is 1.06 bits per heavy atom. The number of benzene rings is 1. The number of rotatable bonds is 5. The minimum Gasteiger partial charge on any atom is -0.463 e. The van der Waals surface area contributed by atoms with Crippen molar-refractivity contribution in [2.45, 2.75) is 0 Å². The molecule has 0 aliphatic heterocycles. The molecule has 0 saturated heterocycles. The normalized spacial score (nSPS) is 10.9. The highest BCUT2D eigenvalue weighted by Crippen LogP contribution is 2.27. The SMILES string of the molecule is Cn1cc(NC(=O)c2cc(-c3ccco3)n(-c3ccc(Cl)cc3)n2)c(-c2ccccn2)n1. The Morgan fingerprint density at radius 3 is 2.62 bits per heavy atom. The highest BCUT2D eigenvalue weighted by Gasteiger charge is 2.21. The van der Waals surface area contributed by atoms with Gasteiger partial charge in [-0.25, -0.2) is 4.68 Å². The number of amides is 1. The van der Waals surface area contributed by atoms with Crippen molar-refractivity contribution in [3.8, 4) is 28.5 Å². The van der Waals surface area contributed by atoms with Crippen molar-refractivity contribution >= 4 is 23.2 Å². The Morgan fingerprint density at radius 2 is 1.91 bits per heavy atom. The molecule has 0 aliphatic carbocycles. The van der Waals surface area contributed by atoms with Gasteiger partial charge in [0.15, 0.2) is 11.5 Å². The number of nitrogens with one attached hydrogen (secondary N) is 1. The van der Waals surface area contributed by atoms with Crippen LogP contribution in [0, 0.1) is 0 Å². The zero-order valence-electron chi connectivity index (χ0n) is 16.9. The Bertz CT molecular complexity index is 1370. The second-order valence-electron chi connectivity index (χ2n) is 7.01. The first-order valence-electron chi connectivity index (χ1n) is 9.75. The van der Waals surface area contributed by atoms with E-state index in [0.717, 1.165) is 5.69 Å². The molecule has 0 atom stereocenters. The van der Waals surface area contributed by atoms with Crippen molar-refractivity contribution in [1.29, 1.82) is 0 Å². The number of pyridine rings is 1. The van der Waals surface area contributed by atoms with Crippen LogP contribution in [0.2, 0.25) is 5.02 Å². The van der Waals surface area contributed by atoms with Crippen LogP contribution in [0.25, 0.3) is 28.5 Å². The summed E-state index contributed by atoms with van der Waals surface area (Å²) >= 11 is 6.03. The van der Waals surface area contributed by atoms with E-state index >= 15 is 0 Å². The van der Waals surface area contributed by atoms with Crippen molar-refractivity contribution in [2.24, 2.45) is 7.05 Å². The fourth-order valence-corrected chi connectivity index (χ4v) is 3.46. The average molecular weight is 445 g/mol. The van der Waals surface area contributed by atoms with Gasteiger partial charge in [0.1, 0.15) is 11.4 Å². The van der Waals surface area contributed by atoms with Gasteiger partial charge in [0.25, 0.3) is 5.91 Å². The summed E-state index contributed by atoms with van der Waals surface area (Å²) < 4.78 is 8.83. The summed E-state index contributed by atoms with van der Waals surface area (Å²) in [4.78, 5) is 17.5. The first-order chi connectivity index (χ1) is 15.6. The van der Waals surface area contributed by atoms with Crippen molar-refractivity contribution in [3.05, 3.63) is 90.0 Å². The molecule has 8 nitrogen and oxygen atoms in total. The van der Waals surface area contributed by atoms with Gasteiger partial charge >= 0.3 is 0 Å². The number of hydrogen-bond acceptors (Lipinski definition) is 5. The molecule has 0 bridgehead atoms. The number of anilines is 1. The highest BCUT2D eigenvalue weighted by molar-refractivity contribution is 6.30. The first kappa shape index (κ1) is 19.8. The fourth-order valence-electron chi connectivity index (χ4n) is 3.33. The van der Waals surface area contributed by atoms with E-state index in [-0.39, 0.29) is 11.6 Å². The van der Waals surface area contributed by atoms with Gasteiger partial charge in [-0.1, -0.05) is 17.7 Å². The predicted molar refractivity (Wildman–Crippen MR) is 121 cm³/mol. The molecule has 0 aliphatic rings. The summed E-state index contributed by atoms with van der Waals surface area (Å²) in [6, 6.07) is 18.0. The number of aryl methyl sites for hydroxylation is 1. The largest absolute Gasteiger partial charge is 0.463 e. The average Bonchev–Trinajstić information content (AvgIpc) is 3.54. The number of hydrogen-bond donors (Lipinski definition) is 1. The van der Waals surface area contributed by atoms with Crippen LogP contribution >= 0.6 is 11.6 Å². The lowest BCUT2D eigenvalue weighted by Gasteiger charge is -2.05. The van der Waals surface area contributed by atoms with Gasteiger partial charge in [-0.15, -0.1) is 0 Å². The summed E-state index contributed by atoms with van der Waals surface area (Å²) in [7, 11) is 1.78. The molecule has 0 radical (unpaired) electrons. The molecular formula is C23H17ClN6O2. The third-order valence-electron chi connectivity index (χ3n) is 4.77. The minimum absolute atomic E-state index is 0.224. The molecule has 0 unspecified atom stereocenters. The Kier molecular flexibility index (Phi) is 5.04. The lowest BCUT2D eigenvalue weighted by molar-refractivity contribution is 0.102. The maximum Gasteiger partial charge on any atom is 0.276 e. The molecule has 158 valence electrons. The molecule has 1 N–H and O–H groups in total. The molecule has 4 heterocycles. The second kappa shape index (κ2) is 8.16. The van der Waals surface area contributed by atoms with E-state index in [1.54, 1.807) is 59.3 Å². The fraction of sp³-hybridized carbons (Fsp3) is 0.0435. The molecule has 4 aromatic heterocycles. The second-order valence-corrected chi connectivity index (χ2v) is 7.45. The Labute approximate surface area is 188 Å². The summed E-state index contributed by atoms with van der Waals surface area (Å²) in [6.07, 6.45) is 4.98. The van der Waals surface area contributed by atoms with Crippen molar-refractivity contribution < 1.29 is 9.21 Å². The first-order valence-corrected chi connectivity index (χ1v) is 10.1. The smallest absolute Gasteiger partial charge is 0.276 e. The van der Waals surface area contributed by atoms with Gasteiger partial charge in [-0.2, -0.15) is 10.2 Å².